The average Bonchev–Trinajstić information content (AvgIpc) is 1.88. The van der Waals surface area contributed by atoms with Crippen molar-refractivity contribution in [1.29, 1.82) is 0 Å². The van der Waals surface area contributed by atoms with E-state index in [-0.39, 0.29) is 11.8 Å². The van der Waals surface area contributed by atoms with Gasteiger partial charge in [0.25, 0.3) is 0 Å². The summed E-state index contributed by atoms with van der Waals surface area (Å²) < 4.78 is 0. The fraction of sp³-hybridized carbons (Fsp3) is 0.667. The van der Waals surface area contributed by atoms with Gasteiger partial charge in [-0.1, -0.05) is 26.0 Å². The molecule has 0 radical (unpaired) electrons. The minimum atomic E-state index is -0.696. The summed E-state index contributed by atoms with van der Waals surface area (Å²) in [4.78, 5) is 10.6. The molecule has 64 valence electrons. The van der Waals surface area contributed by atoms with E-state index in [2.05, 4.69) is 0 Å². The summed E-state index contributed by atoms with van der Waals surface area (Å²) >= 11 is 0. The molecule has 0 bridgehead atoms. The number of carbonyl (C=O) groups is 1. The second kappa shape index (κ2) is 4.94. The Morgan fingerprint density at radius 2 is 2.18 bits per heavy atom. The van der Waals surface area contributed by atoms with Gasteiger partial charge in [-0.2, -0.15) is 0 Å². The van der Waals surface area contributed by atoms with E-state index in [1.165, 1.54) is 0 Å². The second-order valence-corrected chi connectivity index (χ2v) is 2.74. The minimum Gasteiger partial charge on any atom is -0.481 e. The van der Waals surface area contributed by atoms with Gasteiger partial charge in [-0.05, 0) is 19.3 Å². The van der Waals surface area contributed by atoms with E-state index in [4.69, 9.17) is 5.11 Å². The molecule has 0 aliphatic carbocycles. The number of carboxylic acids is 1. The van der Waals surface area contributed by atoms with E-state index in [9.17, 15) is 4.79 Å². The molecule has 2 unspecified atom stereocenters. The van der Waals surface area contributed by atoms with Crippen LogP contribution in [-0.4, -0.2) is 11.1 Å². The summed E-state index contributed by atoms with van der Waals surface area (Å²) in [5.74, 6) is -0.785. The zero-order chi connectivity index (χ0) is 8.85. The lowest BCUT2D eigenvalue weighted by molar-refractivity contribution is -0.142. The van der Waals surface area contributed by atoms with Gasteiger partial charge < -0.3 is 5.11 Å². The van der Waals surface area contributed by atoms with Crippen LogP contribution < -0.4 is 0 Å². The highest BCUT2D eigenvalue weighted by Crippen LogP contribution is 2.16. The minimum absolute atomic E-state index is 0.141. The highest BCUT2D eigenvalue weighted by Gasteiger charge is 2.19. The van der Waals surface area contributed by atoms with Gasteiger partial charge in [0, 0.05) is 0 Å². The maximum Gasteiger partial charge on any atom is 0.307 e. The average molecular weight is 156 g/mol. The van der Waals surface area contributed by atoms with Crippen molar-refractivity contribution in [2.45, 2.75) is 27.2 Å². The Balaban J connectivity index is 4.13. The van der Waals surface area contributed by atoms with Crippen molar-refractivity contribution in [3.05, 3.63) is 12.2 Å². The number of allylic oxidation sites excluding steroid dienone is 2. The molecule has 0 saturated heterocycles. The van der Waals surface area contributed by atoms with E-state index in [0.717, 1.165) is 0 Å². The standard InChI is InChI=1S/C9H16O2/c1-4-6-7(3)8(5-2)9(10)11/h4,6-8H,5H2,1-3H3,(H,10,11)/b6-4+. The summed E-state index contributed by atoms with van der Waals surface area (Å²) in [5, 5.41) is 8.74. The molecule has 0 aromatic carbocycles. The molecule has 0 aromatic rings. The lowest BCUT2D eigenvalue weighted by Gasteiger charge is -2.13. The molecule has 0 heterocycles. The molecule has 0 rings (SSSR count). The summed E-state index contributed by atoms with van der Waals surface area (Å²) in [5.41, 5.74) is 0. The predicted molar refractivity (Wildman–Crippen MR) is 45.4 cm³/mol. The quantitative estimate of drug-likeness (QED) is 0.634. The summed E-state index contributed by atoms with van der Waals surface area (Å²) in [6, 6.07) is 0. The lowest BCUT2D eigenvalue weighted by Crippen LogP contribution is -2.19. The van der Waals surface area contributed by atoms with Crippen LogP contribution in [0.15, 0.2) is 12.2 Å². The van der Waals surface area contributed by atoms with Crippen LogP contribution in [0.1, 0.15) is 27.2 Å². The van der Waals surface area contributed by atoms with Crippen molar-refractivity contribution in [3.8, 4) is 0 Å². The summed E-state index contributed by atoms with van der Waals surface area (Å²) in [6.07, 6.45) is 4.53. The van der Waals surface area contributed by atoms with E-state index in [1.807, 2.05) is 32.9 Å². The van der Waals surface area contributed by atoms with Crippen LogP contribution in [0.3, 0.4) is 0 Å². The molecule has 0 aromatic heterocycles. The van der Waals surface area contributed by atoms with Crippen molar-refractivity contribution >= 4 is 5.97 Å². The monoisotopic (exact) mass is 156 g/mol. The molecule has 0 spiro atoms. The van der Waals surface area contributed by atoms with Crippen molar-refractivity contribution in [2.24, 2.45) is 11.8 Å². The van der Waals surface area contributed by atoms with Gasteiger partial charge in [-0.25, -0.2) is 0 Å². The Morgan fingerprint density at radius 3 is 2.45 bits per heavy atom. The molecule has 0 fully saturated rings. The molecule has 0 aliphatic heterocycles. The van der Waals surface area contributed by atoms with Gasteiger partial charge in [0.1, 0.15) is 0 Å². The number of carboxylic acid groups (broad SMARTS) is 1. The topological polar surface area (TPSA) is 37.3 Å². The van der Waals surface area contributed by atoms with Crippen LogP contribution in [0.5, 0.6) is 0 Å². The first-order chi connectivity index (χ1) is 5.13. The van der Waals surface area contributed by atoms with Crippen LogP contribution in [-0.2, 0) is 4.79 Å². The molecule has 2 nitrogen and oxygen atoms in total. The smallest absolute Gasteiger partial charge is 0.307 e. The molecular formula is C9H16O2. The third kappa shape index (κ3) is 3.21. The highest BCUT2D eigenvalue weighted by atomic mass is 16.4. The van der Waals surface area contributed by atoms with Gasteiger partial charge in [-0.15, -0.1) is 0 Å². The largest absolute Gasteiger partial charge is 0.481 e. The van der Waals surface area contributed by atoms with Gasteiger partial charge in [0.2, 0.25) is 0 Å². The van der Waals surface area contributed by atoms with Gasteiger partial charge in [0.05, 0.1) is 5.92 Å². The van der Waals surface area contributed by atoms with Crippen LogP contribution in [0.25, 0.3) is 0 Å². The second-order valence-electron chi connectivity index (χ2n) is 2.74. The normalized spacial score (nSPS) is 16.6. The molecule has 2 atom stereocenters. The van der Waals surface area contributed by atoms with Crippen molar-refractivity contribution < 1.29 is 9.90 Å². The van der Waals surface area contributed by atoms with Crippen molar-refractivity contribution in [2.75, 3.05) is 0 Å². The number of hydrogen-bond donors (Lipinski definition) is 1. The zero-order valence-electron chi connectivity index (χ0n) is 7.37. The van der Waals surface area contributed by atoms with Gasteiger partial charge >= 0.3 is 5.97 Å². The summed E-state index contributed by atoms with van der Waals surface area (Å²) in [6.45, 7) is 5.74. The number of rotatable bonds is 4. The van der Waals surface area contributed by atoms with Crippen LogP contribution in [0, 0.1) is 11.8 Å². The molecule has 11 heavy (non-hydrogen) atoms. The Bertz CT molecular complexity index is 150. The maximum absolute atomic E-state index is 10.6. The fourth-order valence-corrected chi connectivity index (χ4v) is 1.21. The zero-order valence-corrected chi connectivity index (χ0v) is 7.37. The molecule has 1 N–H and O–H groups in total. The number of aliphatic carboxylic acids is 1. The third-order valence-electron chi connectivity index (χ3n) is 1.89. The SMILES string of the molecule is C/C=C/C(C)C(CC)C(=O)O. The van der Waals surface area contributed by atoms with E-state index in [1.54, 1.807) is 0 Å². The van der Waals surface area contributed by atoms with E-state index in [0.29, 0.717) is 6.42 Å². The molecule has 0 saturated carbocycles. The Morgan fingerprint density at radius 1 is 1.64 bits per heavy atom. The number of hydrogen-bond acceptors (Lipinski definition) is 1. The van der Waals surface area contributed by atoms with Gasteiger partial charge in [0.15, 0.2) is 0 Å². The fourth-order valence-electron chi connectivity index (χ4n) is 1.21. The third-order valence-corrected chi connectivity index (χ3v) is 1.89. The molecule has 2 heteroatoms. The van der Waals surface area contributed by atoms with Crippen molar-refractivity contribution in [1.82, 2.24) is 0 Å². The van der Waals surface area contributed by atoms with E-state index >= 15 is 0 Å². The first kappa shape index (κ1) is 10.2. The maximum atomic E-state index is 10.6. The van der Waals surface area contributed by atoms with Crippen LogP contribution >= 0.6 is 0 Å². The predicted octanol–water partition coefficient (Wildman–Crippen LogP) is 2.31. The van der Waals surface area contributed by atoms with Crippen LogP contribution in [0.2, 0.25) is 0 Å². The van der Waals surface area contributed by atoms with Crippen LogP contribution in [0.4, 0.5) is 0 Å². The Hall–Kier alpha value is -0.790. The van der Waals surface area contributed by atoms with Crippen molar-refractivity contribution in [3.63, 3.8) is 0 Å². The highest BCUT2D eigenvalue weighted by molar-refractivity contribution is 5.70. The lowest BCUT2D eigenvalue weighted by atomic mass is 9.91. The van der Waals surface area contributed by atoms with Gasteiger partial charge in [-0.3, -0.25) is 4.79 Å². The molecule has 0 aliphatic rings. The van der Waals surface area contributed by atoms with E-state index < -0.39 is 5.97 Å². The first-order valence-corrected chi connectivity index (χ1v) is 3.99. The summed E-state index contributed by atoms with van der Waals surface area (Å²) in [7, 11) is 0. The molecule has 0 amide bonds. The Labute approximate surface area is 67.9 Å². The first-order valence-electron chi connectivity index (χ1n) is 3.99. The Kier molecular flexibility index (Phi) is 4.59. The molecular weight excluding hydrogens is 140 g/mol.